The lowest BCUT2D eigenvalue weighted by atomic mass is 9.91. The maximum Gasteiger partial charge on any atom is 0.246 e. The van der Waals surface area contributed by atoms with Crippen LogP contribution in [-0.2, 0) is 33.2 Å². The van der Waals surface area contributed by atoms with Crippen LogP contribution >= 0.6 is 0 Å². The summed E-state index contributed by atoms with van der Waals surface area (Å²) in [5.41, 5.74) is -0.977. The fourth-order valence-corrected chi connectivity index (χ4v) is 2.84. The highest BCUT2D eigenvalue weighted by atomic mass is 16.6. The summed E-state index contributed by atoms with van der Waals surface area (Å²) in [6.07, 6.45) is 1.58. The molecule has 0 aliphatic carbocycles. The van der Waals surface area contributed by atoms with Gasteiger partial charge in [0.25, 0.3) is 0 Å². The van der Waals surface area contributed by atoms with Gasteiger partial charge in [-0.05, 0) is 82.1 Å². The first-order chi connectivity index (χ1) is 15.5. The summed E-state index contributed by atoms with van der Waals surface area (Å²) >= 11 is 0. The highest BCUT2D eigenvalue weighted by Gasteiger charge is 2.26. The molecule has 0 aliphatic heterocycles. The van der Waals surface area contributed by atoms with Gasteiger partial charge in [0.2, 0.25) is 5.91 Å². The Balaban J connectivity index is 3.89. The van der Waals surface area contributed by atoms with Gasteiger partial charge in [0.1, 0.15) is 6.61 Å². The van der Waals surface area contributed by atoms with E-state index in [1.807, 2.05) is 55.4 Å². The molecule has 0 radical (unpaired) electrons. The highest BCUT2D eigenvalue weighted by Crippen LogP contribution is 2.22. The van der Waals surface area contributed by atoms with Crippen LogP contribution in [0.2, 0.25) is 0 Å². The number of carbonyl (C=O) groups is 1. The molecule has 0 saturated heterocycles. The lowest BCUT2D eigenvalue weighted by molar-refractivity contribution is -0.128. The fraction of sp³-hybridized carbons (Fsp3) is 0.962. The molecule has 0 rings (SSSR count). The van der Waals surface area contributed by atoms with Crippen molar-refractivity contribution in [2.75, 3.05) is 59.5 Å². The van der Waals surface area contributed by atoms with Crippen LogP contribution < -0.4 is 5.32 Å². The molecule has 0 spiro atoms. The largest absolute Gasteiger partial charge is 0.377 e. The molecule has 0 aliphatic rings. The average Bonchev–Trinajstić information content (AvgIpc) is 2.66. The van der Waals surface area contributed by atoms with Gasteiger partial charge in [-0.2, -0.15) is 0 Å². The van der Waals surface area contributed by atoms with Crippen molar-refractivity contribution in [1.29, 1.82) is 0 Å². The van der Waals surface area contributed by atoms with Crippen LogP contribution in [0.15, 0.2) is 0 Å². The summed E-state index contributed by atoms with van der Waals surface area (Å²) in [6, 6.07) is 0. The first-order valence-electron chi connectivity index (χ1n) is 12.5. The maximum absolute atomic E-state index is 12.2. The second kappa shape index (κ2) is 16.1. The van der Waals surface area contributed by atoms with Gasteiger partial charge in [-0.3, -0.25) is 4.79 Å². The molecule has 8 nitrogen and oxygen atoms in total. The van der Waals surface area contributed by atoms with Crippen molar-refractivity contribution in [2.45, 2.75) is 104 Å². The van der Waals surface area contributed by atoms with E-state index in [1.165, 1.54) is 0 Å². The SMILES string of the molecule is CC(C)(CCC(C)(C)OCCOCCOC(C)(C)C)NC(=O)COCCOCCOC(C)(C)C. The van der Waals surface area contributed by atoms with E-state index in [0.29, 0.717) is 52.9 Å². The summed E-state index contributed by atoms with van der Waals surface area (Å²) in [5, 5.41) is 3.04. The molecule has 0 fully saturated rings. The molecule has 34 heavy (non-hydrogen) atoms. The zero-order chi connectivity index (χ0) is 26.3. The second-order valence-electron chi connectivity index (χ2n) is 11.7. The van der Waals surface area contributed by atoms with Crippen LogP contribution in [0.5, 0.6) is 0 Å². The Hall–Kier alpha value is -0.770. The Morgan fingerprint density at radius 1 is 0.559 bits per heavy atom. The van der Waals surface area contributed by atoms with Crippen LogP contribution in [0.4, 0.5) is 0 Å². The lowest BCUT2D eigenvalue weighted by Crippen LogP contribution is -2.46. The van der Waals surface area contributed by atoms with Gasteiger partial charge in [-0.1, -0.05) is 0 Å². The number of nitrogens with one attached hydrogen (secondary N) is 1. The Morgan fingerprint density at radius 2 is 0.971 bits per heavy atom. The van der Waals surface area contributed by atoms with Gasteiger partial charge >= 0.3 is 0 Å². The summed E-state index contributed by atoms with van der Waals surface area (Å²) in [6.45, 7) is 24.3. The van der Waals surface area contributed by atoms with E-state index >= 15 is 0 Å². The minimum absolute atomic E-state index is 0.0153. The molecule has 1 amide bonds. The summed E-state index contributed by atoms with van der Waals surface area (Å²) < 4.78 is 33.6. The Labute approximate surface area is 208 Å². The third-order valence-electron chi connectivity index (χ3n) is 4.68. The average molecular weight is 492 g/mol. The molecule has 204 valence electrons. The predicted molar refractivity (Wildman–Crippen MR) is 135 cm³/mol. The molecule has 0 aromatic heterocycles. The molecule has 1 N–H and O–H groups in total. The Kier molecular flexibility index (Phi) is 15.7. The van der Waals surface area contributed by atoms with E-state index in [1.54, 1.807) is 0 Å². The lowest BCUT2D eigenvalue weighted by Gasteiger charge is -2.32. The van der Waals surface area contributed by atoms with Gasteiger partial charge in [-0.15, -0.1) is 0 Å². The number of carbonyl (C=O) groups excluding carboxylic acids is 1. The first kappa shape index (κ1) is 33.2. The van der Waals surface area contributed by atoms with Crippen LogP contribution in [-0.4, -0.2) is 87.7 Å². The molecular formula is C26H53NO7. The highest BCUT2D eigenvalue weighted by molar-refractivity contribution is 5.77. The van der Waals surface area contributed by atoms with Crippen LogP contribution in [0.25, 0.3) is 0 Å². The van der Waals surface area contributed by atoms with E-state index < -0.39 is 0 Å². The van der Waals surface area contributed by atoms with Gasteiger partial charge in [0, 0.05) is 5.54 Å². The third kappa shape index (κ3) is 23.0. The summed E-state index contributed by atoms with van der Waals surface area (Å²) in [7, 11) is 0. The van der Waals surface area contributed by atoms with Crippen molar-refractivity contribution in [3.63, 3.8) is 0 Å². The fourth-order valence-electron chi connectivity index (χ4n) is 2.84. The van der Waals surface area contributed by atoms with E-state index in [0.717, 1.165) is 12.8 Å². The number of hydrogen-bond acceptors (Lipinski definition) is 7. The second-order valence-corrected chi connectivity index (χ2v) is 11.7. The van der Waals surface area contributed by atoms with Gasteiger partial charge in [-0.25, -0.2) is 0 Å². The van der Waals surface area contributed by atoms with Crippen molar-refractivity contribution in [2.24, 2.45) is 0 Å². The molecule has 8 heteroatoms. The first-order valence-corrected chi connectivity index (χ1v) is 12.5. The van der Waals surface area contributed by atoms with E-state index in [9.17, 15) is 4.79 Å². The van der Waals surface area contributed by atoms with Crippen molar-refractivity contribution >= 4 is 5.91 Å². The molecule has 0 saturated carbocycles. The minimum Gasteiger partial charge on any atom is -0.377 e. The van der Waals surface area contributed by atoms with E-state index in [4.69, 9.17) is 28.4 Å². The molecule has 0 heterocycles. The van der Waals surface area contributed by atoms with Gasteiger partial charge in [0.15, 0.2) is 0 Å². The Bertz CT molecular complexity index is 536. The quantitative estimate of drug-likeness (QED) is 0.272. The number of rotatable bonds is 19. The van der Waals surface area contributed by atoms with Crippen molar-refractivity contribution in [3.8, 4) is 0 Å². The summed E-state index contributed by atoms with van der Waals surface area (Å²) in [4.78, 5) is 12.2. The maximum atomic E-state index is 12.2. The van der Waals surface area contributed by atoms with Gasteiger partial charge in [0.05, 0.1) is 69.7 Å². The molecular weight excluding hydrogens is 438 g/mol. The van der Waals surface area contributed by atoms with Crippen molar-refractivity contribution in [3.05, 3.63) is 0 Å². The van der Waals surface area contributed by atoms with E-state index in [2.05, 4.69) is 19.2 Å². The van der Waals surface area contributed by atoms with Crippen LogP contribution in [0, 0.1) is 0 Å². The topological polar surface area (TPSA) is 84.5 Å². The normalized spacial score (nSPS) is 13.4. The van der Waals surface area contributed by atoms with E-state index in [-0.39, 0.29) is 34.9 Å². The predicted octanol–water partition coefficient (Wildman–Crippen LogP) is 4.14. The summed E-state index contributed by atoms with van der Waals surface area (Å²) in [5.74, 6) is -0.134. The molecule has 0 bridgehead atoms. The molecule has 0 atom stereocenters. The molecule has 0 aromatic carbocycles. The number of amides is 1. The van der Waals surface area contributed by atoms with Crippen molar-refractivity contribution < 1.29 is 33.2 Å². The standard InChI is InChI=1S/C26H53NO7/c1-23(2,3)32-18-15-29-13-14-31-21-22(28)27-25(7,8)11-12-26(9,10)34-20-17-30-16-19-33-24(4,5)6/h11-21H2,1-10H3,(H,27,28). The smallest absolute Gasteiger partial charge is 0.246 e. The molecule has 0 aromatic rings. The minimum atomic E-state index is -0.358. The van der Waals surface area contributed by atoms with Crippen LogP contribution in [0.3, 0.4) is 0 Å². The zero-order valence-corrected chi connectivity index (χ0v) is 23.6. The van der Waals surface area contributed by atoms with Crippen molar-refractivity contribution in [1.82, 2.24) is 5.32 Å². The number of hydrogen-bond donors (Lipinski definition) is 1. The Morgan fingerprint density at radius 3 is 1.44 bits per heavy atom. The zero-order valence-electron chi connectivity index (χ0n) is 23.6. The van der Waals surface area contributed by atoms with Crippen LogP contribution in [0.1, 0.15) is 82.1 Å². The van der Waals surface area contributed by atoms with Gasteiger partial charge < -0.3 is 33.7 Å². The third-order valence-corrected chi connectivity index (χ3v) is 4.68. The number of ether oxygens (including phenoxy) is 6. The molecule has 0 unspecified atom stereocenters. The monoisotopic (exact) mass is 491 g/mol.